The number of carbonyl (C=O) groups is 1. The number of unbranched alkanes of at least 4 members (excludes halogenated alkanes) is 1. The zero-order chi connectivity index (χ0) is 12.7. The summed E-state index contributed by atoms with van der Waals surface area (Å²) in [7, 11) is 0. The third-order valence-corrected chi connectivity index (χ3v) is 2.78. The first kappa shape index (κ1) is 14.2. The van der Waals surface area contributed by atoms with Crippen LogP contribution in [0.15, 0.2) is 12.2 Å². The van der Waals surface area contributed by atoms with Crippen LogP contribution in [0.4, 0.5) is 0 Å². The zero-order valence-electron chi connectivity index (χ0n) is 10.8. The fourth-order valence-electron chi connectivity index (χ4n) is 1.81. The SMILES string of the molecule is CC(C)OCCCCNC(=O)C1C=CC(N)C1. The lowest BCUT2D eigenvalue weighted by Crippen LogP contribution is -2.31. The highest BCUT2D eigenvalue weighted by Crippen LogP contribution is 2.16. The molecule has 0 saturated carbocycles. The lowest BCUT2D eigenvalue weighted by Gasteiger charge is -2.11. The van der Waals surface area contributed by atoms with Gasteiger partial charge in [0.15, 0.2) is 0 Å². The maximum Gasteiger partial charge on any atom is 0.226 e. The van der Waals surface area contributed by atoms with Gasteiger partial charge in [0.1, 0.15) is 0 Å². The van der Waals surface area contributed by atoms with Gasteiger partial charge in [0.25, 0.3) is 0 Å². The van der Waals surface area contributed by atoms with Crippen LogP contribution in [0.5, 0.6) is 0 Å². The summed E-state index contributed by atoms with van der Waals surface area (Å²) in [6.07, 6.45) is 6.78. The Kier molecular flexibility index (Phi) is 6.22. The van der Waals surface area contributed by atoms with Crippen molar-refractivity contribution in [3.63, 3.8) is 0 Å². The molecule has 1 aliphatic carbocycles. The van der Waals surface area contributed by atoms with Gasteiger partial charge in [-0.3, -0.25) is 4.79 Å². The second-order valence-electron chi connectivity index (χ2n) is 4.81. The Bertz CT molecular complexity index is 264. The van der Waals surface area contributed by atoms with Crippen LogP contribution in [0.3, 0.4) is 0 Å². The molecule has 4 nitrogen and oxygen atoms in total. The Balaban J connectivity index is 1.99. The Morgan fingerprint density at radius 2 is 2.24 bits per heavy atom. The van der Waals surface area contributed by atoms with Gasteiger partial charge in [-0.1, -0.05) is 12.2 Å². The van der Waals surface area contributed by atoms with Crippen LogP contribution in [0.2, 0.25) is 0 Å². The van der Waals surface area contributed by atoms with E-state index < -0.39 is 0 Å². The summed E-state index contributed by atoms with van der Waals surface area (Å²) in [6.45, 7) is 5.54. The van der Waals surface area contributed by atoms with Crippen LogP contribution >= 0.6 is 0 Å². The van der Waals surface area contributed by atoms with Crippen LogP contribution in [0.1, 0.15) is 33.1 Å². The van der Waals surface area contributed by atoms with Gasteiger partial charge >= 0.3 is 0 Å². The number of carbonyl (C=O) groups excluding carboxylic acids is 1. The molecule has 0 aromatic heterocycles. The fourth-order valence-corrected chi connectivity index (χ4v) is 1.81. The second kappa shape index (κ2) is 7.45. The number of nitrogens with two attached hydrogens (primary N) is 1. The molecule has 0 fully saturated rings. The van der Waals surface area contributed by atoms with Crippen molar-refractivity contribution in [2.75, 3.05) is 13.2 Å². The van der Waals surface area contributed by atoms with Gasteiger partial charge in [-0.2, -0.15) is 0 Å². The van der Waals surface area contributed by atoms with Gasteiger partial charge in [0, 0.05) is 19.2 Å². The topological polar surface area (TPSA) is 64.3 Å². The molecule has 2 atom stereocenters. The third kappa shape index (κ3) is 5.84. The van der Waals surface area contributed by atoms with E-state index in [4.69, 9.17) is 10.5 Å². The lowest BCUT2D eigenvalue weighted by atomic mass is 10.1. The molecule has 1 rings (SSSR count). The van der Waals surface area contributed by atoms with E-state index in [1.54, 1.807) is 0 Å². The molecule has 1 amide bonds. The van der Waals surface area contributed by atoms with E-state index in [0.717, 1.165) is 32.4 Å². The summed E-state index contributed by atoms with van der Waals surface area (Å²) in [6, 6.07) is 0.0465. The molecule has 3 N–H and O–H groups in total. The average Bonchev–Trinajstić information content (AvgIpc) is 2.69. The van der Waals surface area contributed by atoms with E-state index >= 15 is 0 Å². The molecule has 1 aliphatic rings. The van der Waals surface area contributed by atoms with Crippen LogP contribution in [-0.4, -0.2) is 31.2 Å². The molecule has 0 spiro atoms. The first-order chi connectivity index (χ1) is 8.09. The number of amides is 1. The van der Waals surface area contributed by atoms with Gasteiger partial charge in [0.05, 0.1) is 12.0 Å². The summed E-state index contributed by atoms with van der Waals surface area (Å²) in [4.78, 5) is 11.7. The van der Waals surface area contributed by atoms with Crippen LogP contribution in [0, 0.1) is 5.92 Å². The van der Waals surface area contributed by atoms with Gasteiger partial charge in [-0.25, -0.2) is 0 Å². The van der Waals surface area contributed by atoms with Crippen molar-refractivity contribution in [1.82, 2.24) is 5.32 Å². The van der Waals surface area contributed by atoms with Crippen LogP contribution in [0.25, 0.3) is 0 Å². The summed E-state index contributed by atoms with van der Waals surface area (Å²) in [5, 5.41) is 2.93. The minimum Gasteiger partial charge on any atom is -0.379 e. The standard InChI is InChI=1S/C13H24N2O2/c1-10(2)17-8-4-3-7-15-13(16)11-5-6-12(14)9-11/h5-6,10-12H,3-4,7-9,14H2,1-2H3,(H,15,16). The first-order valence-electron chi connectivity index (χ1n) is 6.43. The van der Waals surface area contributed by atoms with Gasteiger partial charge in [-0.05, 0) is 33.1 Å². The monoisotopic (exact) mass is 240 g/mol. The van der Waals surface area contributed by atoms with E-state index in [9.17, 15) is 4.79 Å². The van der Waals surface area contributed by atoms with Gasteiger partial charge < -0.3 is 15.8 Å². The van der Waals surface area contributed by atoms with E-state index in [0.29, 0.717) is 0 Å². The van der Waals surface area contributed by atoms with Gasteiger partial charge in [0.2, 0.25) is 5.91 Å². The summed E-state index contributed by atoms with van der Waals surface area (Å²) >= 11 is 0. The highest BCUT2D eigenvalue weighted by molar-refractivity contribution is 5.81. The Morgan fingerprint density at radius 3 is 2.82 bits per heavy atom. The second-order valence-corrected chi connectivity index (χ2v) is 4.81. The minimum atomic E-state index is -0.0306. The molecule has 17 heavy (non-hydrogen) atoms. The molecule has 0 aromatic carbocycles. The van der Waals surface area contributed by atoms with Crippen molar-refractivity contribution in [2.24, 2.45) is 11.7 Å². The van der Waals surface area contributed by atoms with Crippen LogP contribution in [-0.2, 0) is 9.53 Å². The molecule has 98 valence electrons. The van der Waals surface area contributed by atoms with E-state index in [-0.39, 0.29) is 24.0 Å². The maximum atomic E-state index is 11.7. The Hall–Kier alpha value is -0.870. The Morgan fingerprint density at radius 1 is 1.47 bits per heavy atom. The lowest BCUT2D eigenvalue weighted by molar-refractivity contribution is -0.123. The maximum absolute atomic E-state index is 11.7. The molecule has 0 aliphatic heterocycles. The molecule has 0 radical (unpaired) electrons. The van der Waals surface area contributed by atoms with Crippen molar-refractivity contribution in [2.45, 2.75) is 45.3 Å². The van der Waals surface area contributed by atoms with Crippen molar-refractivity contribution in [3.8, 4) is 0 Å². The molecule has 0 heterocycles. The van der Waals surface area contributed by atoms with Crippen LogP contribution < -0.4 is 11.1 Å². The molecule has 0 aromatic rings. The average molecular weight is 240 g/mol. The summed E-state index contributed by atoms with van der Waals surface area (Å²) in [5.74, 6) is 0.0656. The molecular formula is C13H24N2O2. The van der Waals surface area contributed by atoms with Crippen molar-refractivity contribution in [3.05, 3.63) is 12.2 Å². The fraction of sp³-hybridized carbons (Fsp3) is 0.769. The molecule has 2 unspecified atom stereocenters. The van der Waals surface area contributed by atoms with Crippen molar-refractivity contribution in [1.29, 1.82) is 0 Å². The quantitative estimate of drug-likeness (QED) is 0.519. The van der Waals surface area contributed by atoms with Gasteiger partial charge in [-0.15, -0.1) is 0 Å². The molecule has 4 heteroatoms. The highest BCUT2D eigenvalue weighted by Gasteiger charge is 2.21. The number of nitrogens with one attached hydrogen (secondary N) is 1. The number of ether oxygens (including phenoxy) is 1. The minimum absolute atomic E-state index is 0.0306. The van der Waals surface area contributed by atoms with E-state index in [1.807, 2.05) is 26.0 Å². The predicted octanol–water partition coefficient (Wildman–Crippen LogP) is 1.21. The smallest absolute Gasteiger partial charge is 0.226 e. The zero-order valence-corrected chi connectivity index (χ0v) is 10.8. The molecule has 0 bridgehead atoms. The normalized spacial score (nSPS) is 23.3. The summed E-state index contributed by atoms with van der Waals surface area (Å²) < 4.78 is 5.42. The molecule has 0 saturated heterocycles. The largest absolute Gasteiger partial charge is 0.379 e. The van der Waals surface area contributed by atoms with Crippen molar-refractivity contribution >= 4 is 5.91 Å². The van der Waals surface area contributed by atoms with Crippen molar-refractivity contribution < 1.29 is 9.53 Å². The van der Waals surface area contributed by atoms with E-state index in [1.165, 1.54) is 0 Å². The Labute approximate surface area is 104 Å². The molecular weight excluding hydrogens is 216 g/mol. The third-order valence-electron chi connectivity index (χ3n) is 2.78. The first-order valence-corrected chi connectivity index (χ1v) is 6.43. The number of rotatable bonds is 7. The highest BCUT2D eigenvalue weighted by atomic mass is 16.5. The number of hydrogen-bond donors (Lipinski definition) is 2. The van der Waals surface area contributed by atoms with E-state index in [2.05, 4.69) is 5.32 Å². The predicted molar refractivity (Wildman–Crippen MR) is 68.6 cm³/mol. The number of hydrogen-bond acceptors (Lipinski definition) is 3. The summed E-state index contributed by atoms with van der Waals surface area (Å²) in [5.41, 5.74) is 5.70.